The maximum Gasteiger partial charge on any atom is 0.259 e. The third-order valence-corrected chi connectivity index (χ3v) is 12.8. The van der Waals surface area contributed by atoms with E-state index in [1.807, 2.05) is 0 Å². The summed E-state index contributed by atoms with van der Waals surface area (Å²) in [6.07, 6.45) is -2.61. The number of hydrogen-bond acceptors (Lipinski definition) is 18. The summed E-state index contributed by atoms with van der Waals surface area (Å²) in [5.41, 5.74) is -5.19. The number of rotatable bonds is 18. The van der Waals surface area contributed by atoms with E-state index in [2.05, 4.69) is 29.9 Å². The molecule has 0 amide bonds. The van der Waals surface area contributed by atoms with Gasteiger partial charge in [-0.15, -0.1) is 0 Å². The Kier molecular flexibility index (Phi) is 21.8. The van der Waals surface area contributed by atoms with Crippen molar-refractivity contribution in [2.45, 2.75) is 120 Å². The van der Waals surface area contributed by atoms with E-state index in [4.69, 9.17) is 56.8 Å². The molecule has 6 N–H and O–H groups in total. The lowest BCUT2D eigenvalue weighted by molar-refractivity contribution is 0.242. The van der Waals surface area contributed by atoms with Crippen LogP contribution >= 0.6 is 0 Å². The van der Waals surface area contributed by atoms with Crippen molar-refractivity contribution in [2.24, 2.45) is 0 Å². The number of hydrogen-bond donors (Lipinski definition) is 6. The van der Waals surface area contributed by atoms with E-state index in [9.17, 15) is 28.8 Å². The third kappa shape index (κ3) is 15.9. The van der Waals surface area contributed by atoms with Crippen LogP contribution in [0.4, 0.5) is 0 Å². The Bertz CT molecular complexity index is 3840. The average molecular weight is 1240 g/mol. The molecule has 0 fully saturated rings. The van der Waals surface area contributed by atoms with E-state index in [1.165, 1.54) is 115 Å². The van der Waals surface area contributed by atoms with Crippen molar-refractivity contribution < 1.29 is 56.8 Å². The highest BCUT2D eigenvalue weighted by atomic mass is 16.5. The summed E-state index contributed by atoms with van der Waals surface area (Å²) in [5, 5.41) is -0.892. The Balaban J connectivity index is 1.87. The average Bonchev–Trinajstić information content (AvgIpc) is 2.45. The van der Waals surface area contributed by atoms with Crippen molar-refractivity contribution in [2.75, 3.05) is 42.7 Å². The number of fused-ring (bicyclic) bond motifs is 12. The van der Waals surface area contributed by atoms with Crippen LogP contribution in [-0.2, 0) is 0 Å². The molecule has 0 aliphatic heterocycles. The molecule has 12 bridgehead atoms. The van der Waals surface area contributed by atoms with Crippen molar-refractivity contribution in [3.63, 3.8) is 0 Å². The number of H-pyrrole nitrogens is 6. The third-order valence-electron chi connectivity index (χ3n) is 12.8. The van der Waals surface area contributed by atoms with Gasteiger partial charge in [-0.25, -0.2) is 0 Å². The Hall–Kier alpha value is -10.3. The van der Waals surface area contributed by atoms with E-state index in [0.717, 1.165) is 0 Å². The molecule has 1 heterocycles. The lowest BCUT2D eigenvalue weighted by atomic mass is 10.2. The zero-order valence-corrected chi connectivity index (χ0v) is 53.7. The molecule has 0 spiro atoms. The van der Waals surface area contributed by atoms with Gasteiger partial charge in [0.25, 0.3) is 33.4 Å². The topological polar surface area (TPSA) is 308 Å². The van der Waals surface area contributed by atoms with Gasteiger partial charge in [0.2, 0.25) is 0 Å². The molecule has 6 aromatic carbocycles. The number of ether oxygens (including phenoxy) is 12. The summed E-state index contributed by atoms with van der Waals surface area (Å²) in [7, 11) is 7.79. The van der Waals surface area contributed by atoms with Crippen molar-refractivity contribution in [1.29, 1.82) is 0 Å². The van der Waals surface area contributed by atoms with E-state index < -0.39 is 70.0 Å². The highest BCUT2D eigenvalue weighted by molar-refractivity contribution is 5.87. The largest absolute Gasteiger partial charge is 0.494 e. The predicted molar refractivity (Wildman–Crippen MR) is 348 cm³/mol. The Morgan fingerprint density at radius 1 is 0.222 bits per heavy atom. The molecule has 0 saturated heterocycles. The minimum atomic E-state index is -0.820. The van der Waals surface area contributed by atoms with Crippen LogP contribution in [-0.4, -0.2) is 109 Å². The van der Waals surface area contributed by atoms with Crippen LogP contribution in [0.2, 0.25) is 0 Å². The summed E-state index contributed by atoms with van der Waals surface area (Å²) in [5.74, 6) is 0.0174. The van der Waals surface area contributed by atoms with Gasteiger partial charge in [0.05, 0.1) is 145 Å². The Labute approximate surface area is 516 Å². The van der Waals surface area contributed by atoms with Crippen LogP contribution in [0.25, 0.3) is 65.4 Å². The first kappa shape index (κ1) is 67.3. The summed E-state index contributed by atoms with van der Waals surface area (Å²) in [6, 6.07) is 17.3. The van der Waals surface area contributed by atoms with Crippen molar-refractivity contribution in [1.82, 2.24) is 29.9 Å². The number of nitrogens with one attached hydrogen (secondary N) is 6. The van der Waals surface area contributed by atoms with Crippen LogP contribution < -0.4 is 90.2 Å². The minimum Gasteiger partial charge on any atom is -0.494 e. The maximum atomic E-state index is 15.0. The van der Waals surface area contributed by atoms with Crippen LogP contribution in [0.15, 0.2) is 102 Å². The molecule has 0 atom stereocenters. The molecule has 7 rings (SSSR count). The summed E-state index contributed by atoms with van der Waals surface area (Å²) < 4.78 is 72.3. The van der Waals surface area contributed by atoms with E-state index in [1.54, 1.807) is 83.1 Å². The molecule has 24 nitrogen and oxygen atoms in total. The van der Waals surface area contributed by atoms with Gasteiger partial charge >= 0.3 is 0 Å². The van der Waals surface area contributed by atoms with Gasteiger partial charge in [0, 0.05) is 36.4 Å². The summed E-state index contributed by atoms with van der Waals surface area (Å²) in [6.45, 7) is 21.2. The fourth-order valence-electron chi connectivity index (χ4n) is 9.68. The quantitative estimate of drug-likeness (QED) is 0.0465. The van der Waals surface area contributed by atoms with Gasteiger partial charge in [0.15, 0.2) is 34.5 Å². The van der Waals surface area contributed by atoms with E-state index >= 15 is 0 Å². The van der Waals surface area contributed by atoms with E-state index in [0.29, 0.717) is 0 Å². The number of methoxy groups -OCH3 is 6. The normalized spacial score (nSPS) is 11.2. The Morgan fingerprint density at radius 2 is 0.344 bits per heavy atom. The summed E-state index contributed by atoms with van der Waals surface area (Å²) >= 11 is 0. The SMILES string of the molecule is COc1c2cc(OC(C)C)cc1c(=O)[nH]c1cc(OC(C)C)cc(c1OC)c(=O)[nH]c1cc(OC(C)C)cc(c1OC)c(=O)[nH]c1cc(OC(C)C)cc(c1OC)c(=O)[nH]c1cc(OC(C)C)cc(c1OC)c(=O)[nH]c1cc(OC(C)C)cc(c1OC)c(=O)[nH]2. The molecule has 0 aliphatic carbocycles. The second-order valence-corrected chi connectivity index (χ2v) is 22.0. The molecule has 0 unspecified atom stereocenters. The lowest BCUT2D eigenvalue weighted by Gasteiger charge is -2.13. The maximum absolute atomic E-state index is 15.0. The lowest BCUT2D eigenvalue weighted by Crippen LogP contribution is -2.13. The molecule has 0 saturated carbocycles. The molecule has 24 heteroatoms. The minimum absolute atomic E-state index is 0.0443. The second kappa shape index (κ2) is 29.2. The van der Waals surface area contributed by atoms with Crippen molar-refractivity contribution in [3.05, 3.63) is 135 Å². The van der Waals surface area contributed by atoms with Gasteiger partial charge in [-0.05, 0) is 119 Å². The van der Waals surface area contributed by atoms with Gasteiger partial charge in [-0.2, -0.15) is 0 Å². The van der Waals surface area contributed by atoms with E-state index in [-0.39, 0.29) is 134 Å². The van der Waals surface area contributed by atoms with Crippen LogP contribution in [0.5, 0.6) is 69.0 Å². The molecule has 0 radical (unpaired) electrons. The number of aromatic amines is 6. The first-order valence-corrected chi connectivity index (χ1v) is 28.9. The van der Waals surface area contributed by atoms with Crippen LogP contribution in [0.1, 0.15) is 83.1 Å². The standard InChI is InChI=1S/C66H78N6O18/c1-31(2)85-37-19-43-55(79-13)49(25-37)67-62(74)44-20-38(86-32(3)4)27-51(56(44)80-14)69-64(76)46-22-40(88-34(7)8)29-53(58(46)82-16)71-66(78)48-24-42(90-36(11)12)30-54(60(48)84-18)72-65(77)47-23-41(89-35(9)10)28-52(59(47)83-17)70-63(75)45-21-39(87-33(5)6)26-50(57(45)81-15)68-61(43)73/h19-36H,1-18H3,(H,67,74)(H,68,73)(H,69,76)(H,70,75)(H,71,78)(H,72,77). The highest BCUT2D eigenvalue weighted by Crippen LogP contribution is 2.35. The van der Waals surface area contributed by atoms with Gasteiger partial charge in [-0.3, -0.25) is 28.8 Å². The molecular weight excluding hydrogens is 1160 g/mol. The van der Waals surface area contributed by atoms with Gasteiger partial charge in [0.1, 0.15) is 34.5 Å². The van der Waals surface area contributed by atoms with Crippen LogP contribution in [0, 0.1) is 0 Å². The molecule has 90 heavy (non-hydrogen) atoms. The van der Waals surface area contributed by atoms with Gasteiger partial charge in [-0.1, -0.05) is 0 Å². The predicted octanol–water partition coefficient (Wildman–Crippen LogP) is 10.6. The number of aromatic nitrogens is 6. The zero-order chi connectivity index (χ0) is 66.0. The number of benzene rings is 6. The van der Waals surface area contributed by atoms with Crippen molar-refractivity contribution >= 4 is 65.4 Å². The Morgan fingerprint density at radius 3 is 0.444 bits per heavy atom. The second-order valence-electron chi connectivity index (χ2n) is 22.0. The molecule has 1 aromatic heterocycles. The van der Waals surface area contributed by atoms with Crippen molar-refractivity contribution in [3.8, 4) is 69.0 Å². The molecular formula is C66H78N6O18. The van der Waals surface area contributed by atoms with Gasteiger partial charge < -0.3 is 86.7 Å². The monoisotopic (exact) mass is 1240 g/mol. The summed E-state index contributed by atoms with van der Waals surface area (Å²) in [4.78, 5) is 107. The first-order valence-electron chi connectivity index (χ1n) is 28.9. The van der Waals surface area contributed by atoms with Crippen LogP contribution in [0.3, 0.4) is 0 Å². The fraction of sp³-hybridized carbons (Fsp3) is 0.364. The molecule has 480 valence electrons. The smallest absolute Gasteiger partial charge is 0.259 e. The first-order chi connectivity index (χ1) is 42.7. The highest BCUT2D eigenvalue weighted by Gasteiger charge is 2.19. The zero-order valence-electron chi connectivity index (χ0n) is 53.7. The molecule has 7 aromatic rings. The fourth-order valence-corrected chi connectivity index (χ4v) is 9.68. The molecule has 0 aliphatic rings.